The largest absolute Gasteiger partial charge is 0.395 e. The summed E-state index contributed by atoms with van der Waals surface area (Å²) in [6.45, 7) is 0. The monoisotopic (exact) mass is 303 g/mol. The first kappa shape index (κ1) is 9.85. The van der Waals surface area contributed by atoms with Crippen molar-refractivity contribution in [1.29, 1.82) is 0 Å². The lowest BCUT2D eigenvalue weighted by Crippen LogP contribution is -2.00. The van der Waals surface area contributed by atoms with E-state index in [0.717, 1.165) is 0 Å². The molecule has 0 atom stereocenters. The van der Waals surface area contributed by atoms with Gasteiger partial charge in [-0.25, -0.2) is 13.2 Å². The minimum absolute atomic E-state index is 0.284. The van der Waals surface area contributed by atoms with Crippen LogP contribution in [0.2, 0.25) is 0 Å². The van der Waals surface area contributed by atoms with Crippen molar-refractivity contribution in [3.63, 3.8) is 0 Å². The highest BCUT2D eigenvalue weighted by atomic mass is 79.9. The molecule has 0 aliphatic carbocycles. The molecule has 1 aromatic carbocycles. The molecular formula is C6H2Br2F3N. The van der Waals surface area contributed by atoms with Crippen LogP contribution in [-0.2, 0) is 0 Å². The number of rotatable bonds is 0. The van der Waals surface area contributed by atoms with Crippen molar-refractivity contribution in [3.05, 3.63) is 26.4 Å². The number of benzene rings is 1. The second kappa shape index (κ2) is 3.26. The molecule has 0 aromatic heterocycles. The van der Waals surface area contributed by atoms with E-state index in [9.17, 15) is 13.2 Å². The van der Waals surface area contributed by atoms with E-state index in [1.807, 2.05) is 0 Å². The van der Waals surface area contributed by atoms with Crippen LogP contribution in [0.3, 0.4) is 0 Å². The highest BCUT2D eigenvalue weighted by molar-refractivity contribution is 9.11. The number of nitrogens with two attached hydrogens (primary N) is 1. The Hall–Kier alpha value is -0.230. The summed E-state index contributed by atoms with van der Waals surface area (Å²) in [5.41, 5.74) is 4.45. The van der Waals surface area contributed by atoms with Gasteiger partial charge in [0.15, 0.2) is 17.5 Å². The average molecular weight is 305 g/mol. The van der Waals surface area contributed by atoms with Gasteiger partial charge in [-0.05, 0) is 31.9 Å². The lowest BCUT2D eigenvalue weighted by atomic mass is 10.3. The number of hydrogen-bond donors (Lipinski definition) is 1. The molecule has 1 rings (SSSR count). The highest BCUT2D eigenvalue weighted by Gasteiger charge is 2.19. The quantitative estimate of drug-likeness (QED) is 0.444. The summed E-state index contributed by atoms with van der Waals surface area (Å²) in [6.07, 6.45) is 0. The van der Waals surface area contributed by atoms with Gasteiger partial charge in [-0.15, -0.1) is 0 Å². The standard InChI is InChI=1S/C6H2Br2F3N/c7-1-3(9)2(8)6(12)5(11)4(1)10/h12H2. The predicted molar refractivity (Wildman–Crippen MR) is 46.1 cm³/mol. The Labute approximate surface area is 83.0 Å². The van der Waals surface area contributed by atoms with E-state index in [2.05, 4.69) is 31.9 Å². The van der Waals surface area contributed by atoms with E-state index in [1.165, 1.54) is 0 Å². The van der Waals surface area contributed by atoms with Crippen LogP contribution in [0.15, 0.2) is 8.95 Å². The van der Waals surface area contributed by atoms with E-state index in [0.29, 0.717) is 0 Å². The van der Waals surface area contributed by atoms with Gasteiger partial charge in [-0.1, -0.05) is 0 Å². The number of halogens is 5. The molecule has 0 fully saturated rings. The maximum atomic E-state index is 12.9. The molecule has 0 radical (unpaired) electrons. The van der Waals surface area contributed by atoms with Gasteiger partial charge in [0, 0.05) is 0 Å². The summed E-state index contributed by atoms with van der Waals surface area (Å²) >= 11 is 5.22. The van der Waals surface area contributed by atoms with Crippen molar-refractivity contribution in [1.82, 2.24) is 0 Å². The van der Waals surface area contributed by atoms with Crippen molar-refractivity contribution in [2.75, 3.05) is 5.73 Å². The van der Waals surface area contributed by atoms with E-state index in [1.54, 1.807) is 0 Å². The summed E-state index contributed by atoms with van der Waals surface area (Å²) in [5, 5.41) is 0. The average Bonchev–Trinajstić information content (AvgIpc) is 2.08. The second-order valence-electron chi connectivity index (χ2n) is 1.98. The van der Waals surface area contributed by atoms with Crippen molar-refractivity contribution in [2.24, 2.45) is 0 Å². The fourth-order valence-corrected chi connectivity index (χ4v) is 1.63. The van der Waals surface area contributed by atoms with Gasteiger partial charge in [0.05, 0.1) is 14.6 Å². The zero-order valence-electron chi connectivity index (χ0n) is 5.47. The van der Waals surface area contributed by atoms with Gasteiger partial charge in [-0.2, -0.15) is 0 Å². The molecule has 6 heteroatoms. The van der Waals surface area contributed by atoms with Crippen LogP contribution in [0.25, 0.3) is 0 Å². The van der Waals surface area contributed by atoms with E-state index < -0.39 is 27.6 Å². The van der Waals surface area contributed by atoms with Crippen molar-refractivity contribution < 1.29 is 13.2 Å². The smallest absolute Gasteiger partial charge is 0.184 e. The predicted octanol–water partition coefficient (Wildman–Crippen LogP) is 3.21. The number of nitrogen functional groups attached to an aromatic ring is 1. The summed E-state index contributed by atoms with van der Waals surface area (Å²) in [7, 11) is 0. The van der Waals surface area contributed by atoms with E-state index >= 15 is 0 Å². The normalized spacial score (nSPS) is 10.4. The van der Waals surface area contributed by atoms with Gasteiger partial charge in [0.1, 0.15) is 0 Å². The molecule has 0 unspecified atom stereocenters. The van der Waals surface area contributed by atoms with Crippen LogP contribution in [-0.4, -0.2) is 0 Å². The van der Waals surface area contributed by atoms with Crippen LogP contribution in [0.5, 0.6) is 0 Å². The molecule has 0 saturated carbocycles. The van der Waals surface area contributed by atoms with Crippen LogP contribution in [0, 0.1) is 17.5 Å². The van der Waals surface area contributed by atoms with Gasteiger partial charge in [0.25, 0.3) is 0 Å². The fourth-order valence-electron chi connectivity index (χ4n) is 0.622. The molecule has 1 nitrogen and oxygen atoms in total. The van der Waals surface area contributed by atoms with Crippen molar-refractivity contribution in [3.8, 4) is 0 Å². The molecule has 0 amide bonds. The summed E-state index contributed by atoms with van der Waals surface area (Å²) < 4.78 is 37.4. The molecule has 0 spiro atoms. The van der Waals surface area contributed by atoms with E-state index in [4.69, 9.17) is 5.73 Å². The Morgan fingerprint density at radius 1 is 0.833 bits per heavy atom. The molecule has 0 bridgehead atoms. The Kier molecular flexibility index (Phi) is 2.67. The minimum Gasteiger partial charge on any atom is -0.395 e. The topological polar surface area (TPSA) is 26.0 Å². The molecule has 0 saturated heterocycles. The molecule has 0 aliphatic rings. The van der Waals surface area contributed by atoms with Crippen LogP contribution >= 0.6 is 31.9 Å². The SMILES string of the molecule is Nc1c(F)c(F)c(Br)c(F)c1Br. The lowest BCUT2D eigenvalue weighted by molar-refractivity contribution is 0.489. The first-order valence-electron chi connectivity index (χ1n) is 2.73. The molecular weight excluding hydrogens is 303 g/mol. The molecule has 66 valence electrons. The highest BCUT2D eigenvalue weighted by Crippen LogP contribution is 2.33. The Bertz CT molecular complexity index is 235. The first-order valence-corrected chi connectivity index (χ1v) is 4.32. The minimum atomic E-state index is -1.33. The van der Waals surface area contributed by atoms with Crippen molar-refractivity contribution >= 4 is 37.5 Å². The maximum absolute atomic E-state index is 12.9. The van der Waals surface area contributed by atoms with Gasteiger partial charge >= 0.3 is 0 Å². The third-order valence-corrected chi connectivity index (χ3v) is 2.72. The van der Waals surface area contributed by atoms with Crippen LogP contribution in [0.4, 0.5) is 18.9 Å². The summed E-state index contributed by atoms with van der Waals surface area (Å²) in [5.74, 6) is -3.55. The molecule has 0 aliphatic heterocycles. The second-order valence-corrected chi connectivity index (χ2v) is 3.57. The summed E-state index contributed by atoms with van der Waals surface area (Å²) in [6, 6.07) is 0. The Balaban J connectivity index is 3.60. The number of hydrogen-bond acceptors (Lipinski definition) is 1. The summed E-state index contributed by atoms with van der Waals surface area (Å²) in [4.78, 5) is 0. The van der Waals surface area contributed by atoms with Gasteiger partial charge in [0.2, 0.25) is 0 Å². The fraction of sp³-hybridized carbons (Fsp3) is 0. The molecule has 2 N–H and O–H groups in total. The van der Waals surface area contributed by atoms with Gasteiger partial charge < -0.3 is 5.73 Å². The molecule has 0 heterocycles. The maximum Gasteiger partial charge on any atom is 0.184 e. The zero-order valence-corrected chi connectivity index (χ0v) is 8.64. The zero-order chi connectivity index (χ0) is 9.46. The van der Waals surface area contributed by atoms with Crippen LogP contribution < -0.4 is 5.73 Å². The molecule has 1 aromatic rings. The van der Waals surface area contributed by atoms with Crippen molar-refractivity contribution in [2.45, 2.75) is 0 Å². The molecule has 12 heavy (non-hydrogen) atoms. The van der Waals surface area contributed by atoms with Crippen LogP contribution in [0.1, 0.15) is 0 Å². The third-order valence-electron chi connectivity index (χ3n) is 1.24. The van der Waals surface area contributed by atoms with E-state index in [-0.39, 0.29) is 4.47 Å². The first-order chi connectivity index (χ1) is 5.46. The Morgan fingerprint density at radius 3 is 1.83 bits per heavy atom. The lowest BCUT2D eigenvalue weighted by Gasteiger charge is -2.04. The number of anilines is 1. The Morgan fingerprint density at radius 2 is 1.33 bits per heavy atom. The third kappa shape index (κ3) is 1.33. The van der Waals surface area contributed by atoms with Gasteiger partial charge in [-0.3, -0.25) is 0 Å².